The largest absolute Gasteiger partial charge is 0.338 e. The smallest absolute Gasteiger partial charge is 0.253 e. The summed E-state index contributed by atoms with van der Waals surface area (Å²) in [5, 5.41) is 8.20. The van der Waals surface area contributed by atoms with Gasteiger partial charge < -0.3 is 15.5 Å². The maximum Gasteiger partial charge on any atom is 0.253 e. The van der Waals surface area contributed by atoms with Gasteiger partial charge in [-0.3, -0.25) is 9.59 Å². The fourth-order valence-electron chi connectivity index (χ4n) is 3.72. The van der Waals surface area contributed by atoms with Crippen LogP contribution < -0.4 is 10.6 Å². The molecule has 0 bridgehead atoms. The van der Waals surface area contributed by atoms with Gasteiger partial charge in [0.15, 0.2) is 0 Å². The number of thiophene rings is 1. The van der Waals surface area contributed by atoms with Gasteiger partial charge in [0.1, 0.15) is 0 Å². The van der Waals surface area contributed by atoms with Crippen molar-refractivity contribution in [2.24, 2.45) is 5.92 Å². The Kier molecular flexibility index (Phi) is 7.62. The second kappa shape index (κ2) is 10.4. The fraction of sp³-hybridized carbons (Fsp3) is 0.455. The number of likely N-dealkylation sites (tertiary alicyclic amines) is 1. The lowest BCUT2D eigenvalue weighted by atomic mass is 9.97. The molecule has 0 radical (unpaired) electrons. The summed E-state index contributed by atoms with van der Waals surface area (Å²) in [4.78, 5) is 28.4. The number of anilines is 1. The molecule has 2 heterocycles. The molecule has 2 N–H and O–H groups in total. The molecule has 5 nitrogen and oxygen atoms in total. The van der Waals surface area contributed by atoms with Crippen molar-refractivity contribution in [3.63, 3.8) is 0 Å². The van der Waals surface area contributed by atoms with Crippen LogP contribution in [0.15, 0.2) is 41.8 Å². The Balaban J connectivity index is 1.52. The maximum absolute atomic E-state index is 12.9. The molecule has 1 aromatic heterocycles. The van der Waals surface area contributed by atoms with Gasteiger partial charge in [-0.25, -0.2) is 0 Å². The van der Waals surface area contributed by atoms with E-state index in [0.717, 1.165) is 45.3 Å². The number of hydrogen-bond donors (Lipinski definition) is 2. The van der Waals surface area contributed by atoms with Crippen molar-refractivity contribution >= 4 is 28.8 Å². The van der Waals surface area contributed by atoms with E-state index in [9.17, 15) is 9.59 Å². The molecule has 1 aliphatic heterocycles. The fourth-order valence-corrected chi connectivity index (χ4v) is 4.47. The van der Waals surface area contributed by atoms with Crippen molar-refractivity contribution in [2.45, 2.75) is 32.1 Å². The van der Waals surface area contributed by atoms with Gasteiger partial charge in [-0.1, -0.05) is 12.1 Å². The Hall–Kier alpha value is -2.18. The molecule has 1 saturated heterocycles. The summed E-state index contributed by atoms with van der Waals surface area (Å²) in [6.45, 7) is 2.53. The first-order chi connectivity index (χ1) is 13.7. The van der Waals surface area contributed by atoms with Crippen LogP contribution in [0.3, 0.4) is 0 Å². The SMILES string of the molecule is CNCC1CCCN(C(=O)c2cccc(NC(=O)CCCc3cccs3)c2)C1. The van der Waals surface area contributed by atoms with Crippen molar-refractivity contribution < 1.29 is 9.59 Å². The number of piperidine rings is 1. The average Bonchev–Trinajstić information content (AvgIpc) is 3.21. The zero-order valence-electron chi connectivity index (χ0n) is 16.4. The second-order valence-electron chi connectivity index (χ2n) is 7.38. The van der Waals surface area contributed by atoms with Gasteiger partial charge in [0.2, 0.25) is 5.91 Å². The van der Waals surface area contributed by atoms with Crippen LogP contribution in [0.1, 0.15) is 40.9 Å². The average molecular weight is 400 g/mol. The Morgan fingerprint density at radius 2 is 2.14 bits per heavy atom. The molecule has 2 aromatic rings. The summed E-state index contributed by atoms with van der Waals surface area (Å²) in [7, 11) is 1.95. The van der Waals surface area contributed by atoms with Crippen LogP contribution in [0.25, 0.3) is 0 Å². The van der Waals surface area contributed by atoms with E-state index in [4.69, 9.17) is 0 Å². The summed E-state index contributed by atoms with van der Waals surface area (Å²) in [6, 6.07) is 11.4. The Morgan fingerprint density at radius 1 is 1.25 bits per heavy atom. The molecule has 0 spiro atoms. The molecule has 1 atom stereocenters. The van der Waals surface area contributed by atoms with Crippen LogP contribution in [0.2, 0.25) is 0 Å². The normalized spacial score (nSPS) is 16.8. The molecule has 1 aliphatic rings. The lowest BCUT2D eigenvalue weighted by Gasteiger charge is -2.32. The first-order valence-corrected chi connectivity index (χ1v) is 10.9. The number of amides is 2. The number of nitrogens with zero attached hydrogens (tertiary/aromatic N) is 1. The number of benzene rings is 1. The molecule has 150 valence electrons. The van der Waals surface area contributed by atoms with Crippen molar-refractivity contribution in [1.29, 1.82) is 0 Å². The van der Waals surface area contributed by atoms with E-state index in [-0.39, 0.29) is 11.8 Å². The summed E-state index contributed by atoms with van der Waals surface area (Å²) in [6.07, 6.45) is 4.43. The minimum atomic E-state index is -0.00629. The van der Waals surface area contributed by atoms with Gasteiger partial charge in [-0.2, -0.15) is 0 Å². The van der Waals surface area contributed by atoms with Crippen LogP contribution in [0.5, 0.6) is 0 Å². The van der Waals surface area contributed by atoms with E-state index in [1.807, 2.05) is 36.2 Å². The quantitative estimate of drug-likeness (QED) is 0.710. The number of carbonyl (C=O) groups is 2. The number of aryl methyl sites for hydroxylation is 1. The predicted molar refractivity (Wildman–Crippen MR) is 115 cm³/mol. The molecular weight excluding hydrogens is 370 g/mol. The van der Waals surface area contributed by atoms with Crippen molar-refractivity contribution in [2.75, 3.05) is 32.0 Å². The van der Waals surface area contributed by atoms with Crippen LogP contribution in [-0.4, -0.2) is 43.4 Å². The second-order valence-corrected chi connectivity index (χ2v) is 8.41. The molecule has 2 amide bonds. The Labute approximate surface area is 171 Å². The minimum Gasteiger partial charge on any atom is -0.338 e. The third kappa shape index (κ3) is 5.91. The number of carbonyl (C=O) groups excluding carboxylic acids is 2. The van der Waals surface area contributed by atoms with E-state index in [2.05, 4.69) is 22.1 Å². The Bertz CT molecular complexity index is 774. The van der Waals surface area contributed by atoms with Crippen molar-refractivity contribution in [3.05, 3.63) is 52.2 Å². The van der Waals surface area contributed by atoms with Gasteiger partial charge in [-0.15, -0.1) is 11.3 Å². The zero-order valence-corrected chi connectivity index (χ0v) is 17.3. The van der Waals surface area contributed by atoms with Gasteiger partial charge in [0.25, 0.3) is 5.91 Å². The molecule has 1 unspecified atom stereocenters. The third-order valence-electron chi connectivity index (χ3n) is 5.10. The number of nitrogens with one attached hydrogen (secondary N) is 2. The minimum absolute atomic E-state index is 0.00629. The van der Waals surface area contributed by atoms with Gasteiger partial charge >= 0.3 is 0 Å². The first kappa shape index (κ1) is 20.6. The third-order valence-corrected chi connectivity index (χ3v) is 6.04. The highest BCUT2D eigenvalue weighted by Gasteiger charge is 2.24. The summed E-state index contributed by atoms with van der Waals surface area (Å²) < 4.78 is 0. The zero-order chi connectivity index (χ0) is 19.8. The molecule has 1 aromatic carbocycles. The molecule has 0 saturated carbocycles. The highest BCUT2D eigenvalue weighted by molar-refractivity contribution is 7.09. The first-order valence-electron chi connectivity index (χ1n) is 10.0. The topological polar surface area (TPSA) is 61.4 Å². The highest BCUT2D eigenvalue weighted by Crippen LogP contribution is 2.20. The van der Waals surface area contributed by atoms with E-state index >= 15 is 0 Å². The highest BCUT2D eigenvalue weighted by atomic mass is 32.1. The van der Waals surface area contributed by atoms with E-state index in [0.29, 0.717) is 23.6 Å². The van der Waals surface area contributed by atoms with Crippen molar-refractivity contribution in [3.8, 4) is 0 Å². The molecule has 3 rings (SSSR count). The molecule has 28 heavy (non-hydrogen) atoms. The maximum atomic E-state index is 12.9. The van der Waals surface area contributed by atoms with E-state index in [1.165, 1.54) is 4.88 Å². The molecular formula is C22H29N3O2S. The number of hydrogen-bond acceptors (Lipinski definition) is 4. The lowest BCUT2D eigenvalue weighted by Crippen LogP contribution is -2.42. The monoisotopic (exact) mass is 399 g/mol. The van der Waals surface area contributed by atoms with Crippen LogP contribution in [0.4, 0.5) is 5.69 Å². The van der Waals surface area contributed by atoms with E-state index < -0.39 is 0 Å². The van der Waals surface area contributed by atoms with Gasteiger partial charge in [0, 0.05) is 35.6 Å². The standard InChI is InChI=1S/C22H29N3O2S/c1-23-15-17-6-4-12-25(16-17)22(27)18-7-2-8-19(14-18)24-21(26)11-3-9-20-10-5-13-28-20/h2,5,7-8,10,13-14,17,23H,3-4,6,9,11-12,15-16H2,1H3,(H,24,26). The van der Waals surface area contributed by atoms with Crippen LogP contribution in [0, 0.1) is 5.92 Å². The van der Waals surface area contributed by atoms with Crippen molar-refractivity contribution in [1.82, 2.24) is 10.2 Å². The van der Waals surface area contributed by atoms with Gasteiger partial charge in [-0.05, 0) is 74.8 Å². The molecule has 0 aliphatic carbocycles. The summed E-state index contributed by atoms with van der Waals surface area (Å²) >= 11 is 1.72. The molecule has 6 heteroatoms. The number of rotatable bonds is 8. The summed E-state index contributed by atoms with van der Waals surface area (Å²) in [5.74, 6) is 0.553. The van der Waals surface area contributed by atoms with Gasteiger partial charge in [0.05, 0.1) is 0 Å². The molecule has 1 fully saturated rings. The Morgan fingerprint density at radius 3 is 2.93 bits per heavy atom. The van der Waals surface area contributed by atoms with Crippen LogP contribution in [-0.2, 0) is 11.2 Å². The predicted octanol–water partition coefficient (Wildman–Crippen LogP) is 3.78. The van der Waals surface area contributed by atoms with E-state index in [1.54, 1.807) is 17.4 Å². The summed E-state index contributed by atoms with van der Waals surface area (Å²) in [5.41, 5.74) is 1.33. The van der Waals surface area contributed by atoms with Crippen LogP contribution >= 0.6 is 11.3 Å². The lowest BCUT2D eigenvalue weighted by molar-refractivity contribution is -0.116.